The van der Waals surface area contributed by atoms with Crippen LogP contribution in [0.25, 0.3) is 6.08 Å². The first-order chi connectivity index (χ1) is 14.3. The van der Waals surface area contributed by atoms with Crippen LogP contribution in [0.2, 0.25) is 5.15 Å². The van der Waals surface area contributed by atoms with Gasteiger partial charge in [-0.3, -0.25) is 14.3 Å². The number of halogens is 1. The highest BCUT2D eigenvalue weighted by Gasteiger charge is 2.12. The summed E-state index contributed by atoms with van der Waals surface area (Å²) in [4.78, 5) is 25.5. The lowest BCUT2D eigenvalue weighted by Crippen LogP contribution is -2.26. The molecule has 0 saturated carbocycles. The average molecular weight is 427 g/mol. The van der Waals surface area contributed by atoms with Gasteiger partial charge in [0.2, 0.25) is 11.8 Å². The van der Waals surface area contributed by atoms with E-state index >= 15 is 0 Å². The van der Waals surface area contributed by atoms with Crippen LogP contribution >= 0.6 is 11.6 Å². The number of hydrogen-bond acceptors (Lipinski definition) is 4. The predicted molar refractivity (Wildman–Crippen MR) is 116 cm³/mol. The van der Waals surface area contributed by atoms with E-state index in [0.717, 1.165) is 11.3 Å². The number of nitrogens with zero attached hydrogens (tertiary/aromatic N) is 5. The van der Waals surface area contributed by atoms with Gasteiger partial charge in [-0.25, -0.2) is 4.68 Å². The fourth-order valence-electron chi connectivity index (χ4n) is 2.76. The van der Waals surface area contributed by atoms with E-state index in [1.807, 2.05) is 37.3 Å². The summed E-state index contributed by atoms with van der Waals surface area (Å²) in [7, 11) is 3.35. The number of carbonyl (C=O) groups excluding carboxylic acids is 2. The molecule has 0 radical (unpaired) electrons. The Kier molecular flexibility index (Phi) is 6.68. The molecule has 0 bridgehead atoms. The third-order valence-electron chi connectivity index (χ3n) is 4.38. The molecule has 1 N–H and O–H groups in total. The van der Waals surface area contributed by atoms with Crippen molar-refractivity contribution in [3.8, 4) is 0 Å². The Morgan fingerprint density at radius 1 is 1.23 bits per heavy atom. The lowest BCUT2D eigenvalue weighted by atomic mass is 10.2. The Morgan fingerprint density at radius 2 is 1.97 bits per heavy atom. The van der Waals surface area contributed by atoms with E-state index in [-0.39, 0.29) is 18.4 Å². The summed E-state index contributed by atoms with van der Waals surface area (Å²) in [5.41, 5.74) is 3.00. The number of rotatable bonds is 7. The number of nitrogens with one attached hydrogen (secondary N) is 1. The van der Waals surface area contributed by atoms with Crippen LogP contribution in [0.5, 0.6) is 0 Å². The van der Waals surface area contributed by atoms with Crippen LogP contribution < -0.4 is 5.32 Å². The van der Waals surface area contributed by atoms with Gasteiger partial charge >= 0.3 is 0 Å². The molecule has 9 heteroatoms. The van der Waals surface area contributed by atoms with E-state index in [1.165, 1.54) is 21.9 Å². The van der Waals surface area contributed by atoms with E-state index in [2.05, 4.69) is 15.5 Å². The quantitative estimate of drug-likeness (QED) is 0.589. The number of amides is 2. The van der Waals surface area contributed by atoms with Gasteiger partial charge in [0.25, 0.3) is 0 Å². The zero-order chi connectivity index (χ0) is 21.7. The SMILES string of the molecule is Cc1nn(Cc2ccccc2)c(Cl)c1C=CC(=O)Nc1cnn(CC(=O)N(C)C)c1. The minimum absolute atomic E-state index is 0.0893. The fraction of sp³-hybridized carbons (Fsp3) is 0.238. The Balaban J connectivity index is 1.64. The van der Waals surface area contributed by atoms with Crippen LogP contribution in [0.1, 0.15) is 16.8 Å². The highest BCUT2D eigenvalue weighted by Crippen LogP contribution is 2.22. The fourth-order valence-corrected chi connectivity index (χ4v) is 3.05. The molecule has 0 aliphatic heterocycles. The Hall–Kier alpha value is -3.39. The third kappa shape index (κ3) is 5.36. The second-order valence-electron chi connectivity index (χ2n) is 6.97. The number of likely N-dealkylation sites (N-methyl/N-ethyl adjacent to an activating group) is 1. The van der Waals surface area contributed by atoms with Crippen LogP contribution in [0, 0.1) is 6.92 Å². The van der Waals surface area contributed by atoms with E-state index in [0.29, 0.717) is 22.9 Å². The lowest BCUT2D eigenvalue weighted by molar-refractivity contribution is -0.129. The summed E-state index contributed by atoms with van der Waals surface area (Å²) in [6, 6.07) is 9.88. The molecule has 3 rings (SSSR count). The first-order valence-corrected chi connectivity index (χ1v) is 9.70. The standard InChI is InChI=1S/C21H23ClN6O2/c1-15-18(21(22)28(25-15)12-16-7-5-4-6-8-16)9-10-19(29)24-17-11-23-27(13-17)14-20(30)26(2)3/h4-11,13H,12,14H2,1-3H3,(H,24,29). The van der Waals surface area contributed by atoms with Crippen LogP contribution in [0.4, 0.5) is 5.69 Å². The van der Waals surface area contributed by atoms with Crippen molar-refractivity contribution in [2.24, 2.45) is 0 Å². The molecule has 30 heavy (non-hydrogen) atoms. The number of carbonyl (C=O) groups is 2. The van der Waals surface area contributed by atoms with Crippen molar-refractivity contribution in [1.29, 1.82) is 0 Å². The summed E-state index contributed by atoms with van der Waals surface area (Å²) in [6.07, 6.45) is 6.13. The van der Waals surface area contributed by atoms with Crippen molar-refractivity contribution in [2.75, 3.05) is 19.4 Å². The van der Waals surface area contributed by atoms with Crippen LogP contribution in [-0.2, 0) is 22.7 Å². The number of aromatic nitrogens is 4. The van der Waals surface area contributed by atoms with E-state index in [9.17, 15) is 9.59 Å². The van der Waals surface area contributed by atoms with Gasteiger partial charge in [-0.2, -0.15) is 10.2 Å². The van der Waals surface area contributed by atoms with Crippen molar-refractivity contribution in [3.05, 3.63) is 70.8 Å². The van der Waals surface area contributed by atoms with Gasteiger partial charge in [0.15, 0.2) is 0 Å². The zero-order valence-corrected chi connectivity index (χ0v) is 17.8. The van der Waals surface area contributed by atoms with Crippen LogP contribution in [0.15, 0.2) is 48.8 Å². The van der Waals surface area contributed by atoms with Crippen molar-refractivity contribution < 1.29 is 9.59 Å². The molecule has 156 valence electrons. The minimum atomic E-state index is -0.334. The predicted octanol–water partition coefficient (Wildman–Crippen LogP) is 2.83. The highest BCUT2D eigenvalue weighted by atomic mass is 35.5. The molecule has 0 aliphatic rings. The minimum Gasteiger partial charge on any atom is -0.347 e. The molecule has 8 nitrogen and oxygen atoms in total. The molecule has 0 atom stereocenters. The number of aryl methyl sites for hydroxylation is 1. The molecular formula is C21H23ClN6O2. The summed E-state index contributed by atoms with van der Waals surface area (Å²) in [6.45, 7) is 2.50. The highest BCUT2D eigenvalue weighted by molar-refractivity contribution is 6.31. The summed E-state index contributed by atoms with van der Waals surface area (Å²) in [5, 5.41) is 11.7. The second-order valence-corrected chi connectivity index (χ2v) is 7.33. The largest absolute Gasteiger partial charge is 0.347 e. The second kappa shape index (κ2) is 9.41. The number of hydrogen-bond donors (Lipinski definition) is 1. The first kappa shape index (κ1) is 21.3. The number of anilines is 1. The van der Waals surface area contributed by atoms with Crippen molar-refractivity contribution in [3.63, 3.8) is 0 Å². The maximum Gasteiger partial charge on any atom is 0.248 e. The molecule has 3 aromatic rings. The molecule has 2 amide bonds. The lowest BCUT2D eigenvalue weighted by Gasteiger charge is -2.09. The van der Waals surface area contributed by atoms with Gasteiger partial charge in [0.1, 0.15) is 11.7 Å². The molecular weight excluding hydrogens is 404 g/mol. The van der Waals surface area contributed by atoms with Crippen LogP contribution in [0.3, 0.4) is 0 Å². The van der Waals surface area contributed by atoms with Gasteiger partial charge in [-0.1, -0.05) is 41.9 Å². The maximum absolute atomic E-state index is 12.3. The molecule has 0 aliphatic carbocycles. The summed E-state index contributed by atoms with van der Waals surface area (Å²) in [5.74, 6) is -0.423. The maximum atomic E-state index is 12.3. The van der Waals surface area contributed by atoms with E-state index in [1.54, 1.807) is 31.1 Å². The van der Waals surface area contributed by atoms with Crippen molar-refractivity contribution in [1.82, 2.24) is 24.5 Å². The molecule has 2 heterocycles. The topological polar surface area (TPSA) is 85.0 Å². The molecule has 1 aromatic carbocycles. The van der Waals surface area contributed by atoms with Crippen molar-refractivity contribution in [2.45, 2.75) is 20.0 Å². The van der Waals surface area contributed by atoms with Gasteiger partial charge in [0.05, 0.1) is 24.1 Å². The molecule has 0 saturated heterocycles. The third-order valence-corrected chi connectivity index (χ3v) is 4.78. The zero-order valence-electron chi connectivity index (χ0n) is 17.0. The van der Waals surface area contributed by atoms with E-state index in [4.69, 9.17) is 11.6 Å². The molecule has 0 fully saturated rings. The Morgan fingerprint density at radius 3 is 2.67 bits per heavy atom. The normalized spacial score (nSPS) is 11.1. The first-order valence-electron chi connectivity index (χ1n) is 9.32. The van der Waals surface area contributed by atoms with Crippen molar-refractivity contribution >= 4 is 35.2 Å². The van der Waals surface area contributed by atoms with E-state index < -0.39 is 0 Å². The van der Waals surface area contributed by atoms with Gasteiger partial charge in [-0.05, 0) is 18.6 Å². The molecule has 0 unspecified atom stereocenters. The van der Waals surface area contributed by atoms with Crippen LogP contribution in [-0.4, -0.2) is 50.4 Å². The van der Waals surface area contributed by atoms with Gasteiger partial charge in [0, 0.05) is 31.9 Å². The van der Waals surface area contributed by atoms with Gasteiger partial charge in [-0.15, -0.1) is 0 Å². The summed E-state index contributed by atoms with van der Waals surface area (Å²) < 4.78 is 3.17. The molecule has 0 spiro atoms. The average Bonchev–Trinajstić information content (AvgIpc) is 3.25. The molecule has 2 aromatic heterocycles. The van der Waals surface area contributed by atoms with Gasteiger partial charge < -0.3 is 10.2 Å². The summed E-state index contributed by atoms with van der Waals surface area (Å²) >= 11 is 6.47. The number of benzene rings is 1. The monoisotopic (exact) mass is 426 g/mol. The Labute approximate surface area is 179 Å². The smallest absolute Gasteiger partial charge is 0.248 e. The Bertz CT molecular complexity index is 1070.